The first-order valence-electron chi connectivity index (χ1n) is 6.09. The molecule has 0 aliphatic carbocycles. The number of carbonyl (C=O) groups is 1. The Labute approximate surface area is 104 Å². The Balaban J connectivity index is 2.16. The molecule has 0 aromatic heterocycles. The minimum Gasteiger partial charge on any atom is -0.393 e. The summed E-state index contributed by atoms with van der Waals surface area (Å²) in [5, 5.41) is 9.59. The van der Waals surface area contributed by atoms with E-state index in [1.807, 2.05) is 13.8 Å². The fraction of sp³-hybridized carbons (Fsp3) is 0.750. The van der Waals surface area contributed by atoms with Crippen LogP contribution in [0.5, 0.6) is 0 Å². The van der Waals surface area contributed by atoms with E-state index in [4.69, 9.17) is 0 Å². The van der Waals surface area contributed by atoms with Crippen molar-refractivity contribution in [1.29, 1.82) is 0 Å². The van der Waals surface area contributed by atoms with Crippen LogP contribution >= 0.6 is 0 Å². The van der Waals surface area contributed by atoms with Gasteiger partial charge in [-0.1, -0.05) is 13.8 Å². The quantitative estimate of drug-likeness (QED) is 0.759. The number of fused-ring (bicyclic) bond motifs is 1. The molecule has 0 bridgehead atoms. The van der Waals surface area contributed by atoms with Crippen molar-refractivity contribution in [2.24, 2.45) is 11.8 Å². The van der Waals surface area contributed by atoms with Crippen molar-refractivity contribution in [2.45, 2.75) is 39.3 Å². The number of aliphatic hydroxyl groups excluding tert-OH is 1. The van der Waals surface area contributed by atoms with Gasteiger partial charge in [0.05, 0.1) is 28.9 Å². The number of rotatable bonds is 4. The van der Waals surface area contributed by atoms with Gasteiger partial charge in [-0.3, -0.25) is 9.00 Å². The van der Waals surface area contributed by atoms with Crippen LogP contribution in [0.2, 0.25) is 0 Å². The maximum Gasteiger partial charge on any atom is 0.234 e. The smallest absolute Gasteiger partial charge is 0.234 e. The third-order valence-corrected chi connectivity index (χ3v) is 5.41. The standard InChI is InChI=1S/C12H19NO3S/c1-4-5-17(16)9-6-13-11(7(9)2)10(8(3)14)12(13)15/h6-8,10-11,14H,4-5H2,1-3H3. The molecule has 17 heavy (non-hydrogen) atoms. The maximum atomic E-state index is 12.0. The number of hydrogen-bond donors (Lipinski definition) is 1. The highest BCUT2D eigenvalue weighted by molar-refractivity contribution is 7.89. The predicted molar refractivity (Wildman–Crippen MR) is 66.4 cm³/mol. The SMILES string of the molecule is CCCS(=O)C1=CN2C(=O)C(C(C)O)C2C1C. The molecule has 5 atom stereocenters. The summed E-state index contributed by atoms with van der Waals surface area (Å²) >= 11 is 0. The van der Waals surface area contributed by atoms with Crippen LogP contribution in [-0.4, -0.2) is 38.0 Å². The van der Waals surface area contributed by atoms with Crippen molar-refractivity contribution < 1.29 is 14.1 Å². The minimum atomic E-state index is -0.984. The van der Waals surface area contributed by atoms with Crippen LogP contribution in [0.1, 0.15) is 27.2 Å². The molecule has 0 aromatic rings. The van der Waals surface area contributed by atoms with Crippen LogP contribution in [0, 0.1) is 11.8 Å². The predicted octanol–water partition coefficient (Wildman–Crippen LogP) is 0.844. The molecule has 1 saturated heterocycles. The van der Waals surface area contributed by atoms with Crippen LogP contribution in [-0.2, 0) is 15.6 Å². The van der Waals surface area contributed by atoms with Gasteiger partial charge in [-0.15, -0.1) is 0 Å². The molecule has 0 saturated carbocycles. The highest BCUT2D eigenvalue weighted by Crippen LogP contribution is 2.44. The fourth-order valence-corrected chi connectivity index (χ4v) is 4.13. The second-order valence-electron chi connectivity index (χ2n) is 4.87. The van der Waals surface area contributed by atoms with Gasteiger partial charge in [0.15, 0.2) is 0 Å². The van der Waals surface area contributed by atoms with Crippen molar-refractivity contribution in [3.8, 4) is 0 Å². The lowest BCUT2D eigenvalue weighted by Crippen LogP contribution is -2.61. The number of aliphatic hydroxyl groups is 1. The van der Waals surface area contributed by atoms with E-state index in [9.17, 15) is 14.1 Å². The first kappa shape index (κ1) is 12.8. The number of amides is 1. The van der Waals surface area contributed by atoms with Crippen molar-refractivity contribution in [3.63, 3.8) is 0 Å². The molecule has 5 heteroatoms. The molecule has 2 heterocycles. The molecule has 0 spiro atoms. The van der Waals surface area contributed by atoms with E-state index in [1.54, 1.807) is 18.0 Å². The van der Waals surface area contributed by atoms with Gasteiger partial charge in [0.25, 0.3) is 0 Å². The van der Waals surface area contributed by atoms with Gasteiger partial charge >= 0.3 is 0 Å². The first-order valence-corrected chi connectivity index (χ1v) is 7.41. The summed E-state index contributed by atoms with van der Waals surface area (Å²) < 4.78 is 12.0. The third-order valence-electron chi connectivity index (χ3n) is 3.63. The largest absolute Gasteiger partial charge is 0.393 e. The molecule has 1 fully saturated rings. The summed E-state index contributed by atoms with van der Waals surface area (Å²) in [7, 11) is -0.984. The summed E-state index contributed by atoms with van der Waals surface area (Å²) in [5.74, 6) is 0.377. The van der Waals surface area contributed by atoms with Gasteiger partial charge in [-0.25, -0.2) is 0 Å². The fourth-order valence-electron chi connectivity index (χ4n) is 2.74. The Morgan fingerprint density at radius 3 is 2.76 bits per heavy atom. The average molecular weight is 257 g/mol. The van der Waals surface area contributed by atoms with E-state index < -0.39 is 16.9 Å². The Bertz CT molecular complexity index is 391. The minimum absolute atomic E-state index is 0.0123. The van der Waals surface area contributed by atoms with Crippen LogP contribution in [0.15, 0.2) is 11.1 Å². The zero-order valence-electron chi connectivity index (χ0n) is 10.4. The van der Waals surface area contributed by atoms with Gasteiger partial charge in [0.2, 0.25) is 5.91 Å². The van der Waals surface area contributed by atoms with Gasteiger partial charge in [0.1, 0.15) is 0 Å². The van der Waals surface area contributed by atoms with E-state index in [1.165, 1.54) is 0 Å². The Hall–Kier alpha value is -0.680. The van der Waals surface area contributed by atoms with Crippen LogP contribution in [0.3, 0.4) is 0 Å². The summed E-state index contributed by atoms with van der Waals surface area (Å²) in [6.45, 7) is 5.64. The molecular formula is C12H19NO3S. The molecule has 0 radical (unpaired) electrons. The first-order chi connectivity index (χ1) is 7.99. The van der Waals surface area contributed by atoms with Gasteiger partial charge in [-0.05, 0) is 13.3 Å². The van der Waals surface area contributed by atoms with Crippen LogP contribution < -0.4 is 0 Å². The zero-order chi connectivity index (χ0) is 12.7. The molecule has 2 rings (SSSR count). The Morgan fingerprint density at radius 1 is 1.59 bits per heavy atom. The number of nitrogens with zero attached hydrogens (tertiary/aromatic N) is 1. The van der Waals surface area contributed by atoms with Crippen molar-refractivity contribution in [3.05, 3.63) is 11.1 Å². The van der Waals surface area contributed by atoms with E-state index in [0.717, 1.165) is 11.3 Å². The van der Waals surface area contributed by atoms with Gasteiger partial charge in [0, 0.05) is 22.8 Å². The maximum absolute atomic E-state index is 12.0. The number of carbonyl (C=O) groups excluding carboxylic acids is 1. The van der Waals surface area contributed by atoms with Crippen LogP contribution in [0.25, 0.3) is 0 Å². The molecule has 4 nitrogen and oxygen atoms in total. The molecule has 5 unspecified atom stereocenters. The molecule has 96 valence electrons. The van der Waals surface area contributed by atoms with E-state index >= 15 is 0 Å². The lowest BCUT2D eigenvalue weighted by Gasteiger charge is -2.45. The molecule has 0 aromatic carbocycles. The monoisotopic (exact) mass is 257 g/mol. The average Bonchev–Trinajstić information content (AvgIpc) is 2.52. The molecule has 2 aliphatic rings. The van der Waals surface area contributed by atoms with E-state index in [0.29, 0.717) is 5.75 Å². The molecule has 1 N–H and O–H groups in total. The molecular weight excluding hydrogens is 238 g/mol. The van der Waals surface area contributed by atoms with Crippen molar-refractivity contribution in [1.82, 2.24) is 4.90 Å². The van der Waals surface area contributed by atoms with E-state index in [-0.39, 0.29) is 23.8 Å². The third kappa shape index (κ3) is 1.85. The molecule has 2 aliphatic heterocycles. The topological polar surface area (TPSA) is 57.6 Å². The summed E-state index contributed by atoms with van der Waals surface area (Å²) in [6, 6.07) is 0.0123. The lowest BCUT2D eigenvalue weighted by atomic mass is 9.79. The van der Waals surface area contributed by atoms with E-state index in [2.05, 4.69) is 0 Å². The second-order valence-corrected chi connectivity index (χ2v) is 6.44. The van der Waals surface area contributed by atoms with Crippen molar-refractivity contribution >= 4 is 16.7 Å². The summed E-state index contributed by atoms with van der Waals surface area (Å²) in [6.07, 6.45) is 1.98. The Morgan fingerprint density at radius 2 is 2.24 bits per heavy atom. The second kappa shape index (κ2) is 4.53. The van der Waals surface area contributed by atoms with Gasteiger partial charge < -0.3 is 10.0 Å². The highest BCUT2D eigenvalue weighted by Gasteiger charge is 2.55. The van der Waals surface area contributed by atoms with Crippen LogP contribution in [0.4, 0.5) is 0 Å². The normalized spacial score (nSPS) is 35.1. The number of β-lactam (4-membered cyclic amide) rings is 1. The summed E-state index contributed by atoms with van der Waals surface area (Å²) in [5.41, 5.74) is 0. The zero-order valence-corrected chi connectivity index (χ0v) is 11.2. The van der Waals surface area contributed by atoms with Gasteiger partial charge in [-0.2, -0.15) is 0 Å². The highest BCUT2D eigenvalue weighted by atomic mass is 32.2. The molecule has 1 amide bonds. The Kier molecular flexibility index (Phi) is 3.41. The van der Waals surface area contributed by atoms with Crippen molar-refractivity contribution in [2.75, 3.05) is 5.75 Å². The summed E-state index contributed by atoms with van der Waals surface area (Å²) in [4.78, 5) is 14.3. The number of hydrogen-bond acceptors (Lipinski definition) is 3. The lowest BCUT2D eigenvalue weighted by molar-refractivity contribution is -0.158.